The van der Waals surface area contributed by atoms with Crippen LogP contribution in [0, 0.1) is 0 Å². The van der Waals surface area contributed by atoms with Gasteiger partial charge in [-0.3, -0.25) is 0 Å². The van der Waals surface area contributed by atoms with Crippen LogP contribution in [0.3, 0.4) is 0 Å². The van der Waals surface area contributed by atoms with Gasteiger partial charge in [0.05, 0.1) is 0 Å². The first kappa shape index (κ1) is 33.6. The number of fused-ring (bicyclic) bond motifs is 8. The molecule has 0 bridgehead atoms. The molecule has 0 aliphatic heterocycles. The number of thiophene rings is 1. The molecule has 0 aliphatic rings. The van der Waals surface area contributed by atoms with Gasteiger partial charge in [0.1, 0.15) is 0 Å². The van der Waals surface area contributed by atoms with Crippen molar-refractivity contribution in [1.29, 1.82) is 0 Å². The Hall–Kier alpha value is -7.53. The number of benzene rings is 10. The van der Waals surface area contributed by atoms with Crippen molar-refractivity contribution in [2.75, 3.05) is 0 Å². The largest absolute Gasteiger partial charge is 0.208 e. The molecule has 0 spiro atoms. The highest BCUT2D eigenvalue weighted by Gasteiger charge is 2.20. The average Bonchev–Trinajstić information content (AvgIpc) is 3.70. The Bertz CT molecular complexity index is 3620. The lowest BCUT2D eigenvalue weighted by Gasteiger charge is -2.15. The topological polar surface area (TPSA) is 38.7 Å². The van der Waals surface area contributed by atoms with Crippen LogP contribution in [0.5, 0.6) is 0 Å². The lowest BCUT2D eigenvalue weighted by molar-refractivity contribution is 1.08. The summed E-state index contributed by atoms with van der Waals surface area (Å²) in [6.07, 6.45) is 0. The Labute approximate surface area is 344 Å². The predicted molar refractivity (Wildman–Crippen MR) is 250 cm³/mol. The maximum atomic E-state index is 5.38. The smallest absolute Gasteiger partial charge is 0.165 e. The van der Waals surface area contributed by atoms with Gasteiger partial charge < -0.3 is 0 Å². The summed E-state index contributed by atoms with van der Waals surface area (Å²) in [5.41, 5.74) is 7.64. The number of hydrogen-bond donors (Lipinski definition) is 0. The third kappa shape index (κ3) is 5.53. The molecular formula is C55H33N3S. The maximum absolute atomic E-state index is 5.38. The molecule has 2 heterocycles. The van der Waals surface area contributed by atoms with E-state index in [-0.39, 0.29) is 0 Å². The van der Waals surface area contributed by atoms with Crippen molar-refractivity contribution in [3.05, 3.63) is 200 Å². The Kier molecular flexibility index (Phi) is 7.72. The molecule has 59 heavy (non-hydrogen) atoms. The molecule has 0 saturated heterocycles. The van der Waals surface area contributed by atoms with E-state index < -0.39 is 0 Å². The third-order valence-corrected chi connectivity index (χ3v) is 13.0. The molecule has 0 amide bonds. The summed E-state index contributed by atoms with van der Waals surface area (Å²) in [4.78, 5) is 16.1. The number of aromatic nitrogens is 3. The summed E-state index contributed by atoms with van der Waals surface area (Å²) in [5, 5.41) is 12.0. The summed E-state index contributed by atoms with van der Waals surface area (Å²) in [7, 11) is 0. The minimum absolute atomic E-state index is 0.645. The molecule has 0 saturated carbocycles. The number of rotatable bonds is 5. The van der Waals surface area contributed by atoms with Crippen molar-refractivity contribution in [3.63, 3.8) is 0 Å². The molecule has 0 aliphatic carbocycles. The molecule has 0 unspecified atom stereocenters. The van der Waals surface area contributed by atoms with Crippen LogP contribution in [0.1, 0.15) is 0 Å². The van der Waals surface area contributed by atoms with Gasteiger partial charge in [-0.25, -0.2) is 15.0 Å². The Morgan fingerprint density at radius 1 is 0.271 bits per heavy atom. The fourth-order valence-corrected chi connectivity index (χ4v) is 10.2. The molecule has 4 heteroatoms. The van der Waals surface area contributed by atoms with Gasteiger partial charge in [0.15, 0.2) is 17.5 Å². The molecule has 3 nitrogen and oxygen atoms in total. The van der Waals surface area contributed by atoms with Crippen LogP contribution in [0.4, 0.5) is 0 Å². The highest BCUT2D eigenvalue weighted by molar-refractivity contribution is 7.26. The highest BCUT2D eigenvalue weighted by Crippen LogP contribution is 2.42. The molecule has 0 fully saturated rings. The van der Waals surface area contributed by atoms with E-state index in [1.165, 1.54) is 64.0 Å². The van der Waals surface area contributed by atoms with Crippen LogP contribution >= 0.6 is 11.3 Å². The zero-order valence-electron chi connectivity index (χ0n) is 31.8. The first-order valence-corrected chi connectivity index (χ1v) is 20.8. The monoisotopic (exact) mass is 767 g/mol. The number of hydrogen-bond acceptors (Lipinski definition) is 4. The van der Waals surface area contributed by atoms with E-state index in [9.17, 15) is 0 Å². The van der Waals surface area contributed by atoms with Gasteiger partial charge in [-0.15, -0.1) is 11.3 Å². The average molecular weight is 768 g/mol. The normalized spacial score (nSPS) is 11.7. The van der Waals surface area contributed by atoms with Crippen molar-refractivity contribution >= 4 is 74.6 Å². The van der Waals surface area contributed by atoms with Crippen LogP contribution in [0.25, 0.3) is 120 Å². The van der Waals surface area contributed by atoms with E-state index in [2.05, 4.69) is 200 Å². The second-order valence-corrected chi connectivity index (χ2v) is 16.1. The highest BCUT2D eigenvalue weighted by atomic mass is 32.1. The van der Waals surface area contributed by atoms with Gasteiger partial charge in [0, 0.05) is 36.9 Å². The SMILES string of the molecule is c1ccc(-c2ccc(-c3nc(-c4ccc(-c5ccc6c(ccc7ccccc76)c5)c5ccccc45)nc(-c4cccc5c4sc4ccccc45)n3)c3ccccc23)cc1. The fourth-order valence-electron chi connectivity index (χ4n) is 8.95. The van der Waals surface area contributed by atoms with Crippen molar-refractivity contribution in [2.24, 2.45) is 0 Å². The third-order valence-electron chi connectivity index (χ3n) is 11.8. The Balaban J connectivity index is 1.08. The summed E-state index contributed by atoms with van der Waals surface area (Å²) in [6, 6.07) is 71.6. The second kappa shape index (κ2) is 13.6. The number of nitrogens with zero attached hydrogens (tertiary/aromatic N) is 3. The summed E-state index contributed by atoms with van der Waals surface area (Å²) < 4.78 is 2.42. The van der Waals surface area contributed by atoms with E-state index >= 15 is 0 Å². The molecular weight excluding hydrogens is 735 g/mol. The molecule has 12 rings (SSSR count). The van der Waals surface area contributed by atoms with Crippen molar-refractivity contribution in [2.45, 2.75) is 0 Å². The molecule has 12 aromatic rings. The van der Waals surface area contributed by atoms with Crippen molar-refractivity contribution < 1.29 is 0 Å². The van der Waals surface area contributed by atoms with Crippen LogP contribution in [0.15, 0.2) is 200 Å². The molecule has 2 aromatic heterocycles. The first-order chi connectivity index (χ1) is 29.2. The van der Waals surface area contributed by atoms with Crippen LogP contribution in [0.2, 0.25) is 0 Å². The summed E-state index contributed by atoms with van der Waals surface area (Å²) >= 11 is 1.79. The van der Waals surface area contributed by atoms with Crippen molar-refractivity contribution in [1.82, 2.24) is 15.0 Å². The van der Waals surface area contributed by atoms with Crippen LogP contribution < -0.4 is 0 Å². The van der Waals surface area contributed by atoms with Crippen molar-refractivity contribution in [3.8, 4) is 56.4 Å². The van der Waals surface area contributed by atoms with Gasteiger partial charge in [-0.2, -0.15) is 0 Å². The van der Waals surface area contributed by atoms with Crippen LogP contribution in [-0.4, -0.2) is 15.0 Å². The first-order valence-electron chi connectivity index (χ1n) is 19.9. The second-order valence-electron chi connectivity index (χ2n) is 15.1. The summed E-state index contributed by atoms with van der Waals surface area (Å²) in [6.45, 7) is 0. The quantitative estimate of drug-likeness (QED) is 0.164. The molecule has 10 aromatic carbocycles. The summed E-state index contributed by atoms with van der Waals surface area (Å²) in [5.74, 6) is 1.95. The van der Waals surface area contributed by atoms with E-state index in [4.69, 9.17) is 15.0 Å². The van der Waals surface area contributed by atoms with E-state index in [0.29, 0.717) is 17.5 Å². The predicted octanol–water partition coefficient (Wildman–Crippen LogP) is 15.2. The lowest BCUT2D eigenvalue weighted by atomic mass is 9.92. The lowest BCUT2D eigenvalue weighted by Crippen LogP contribution is -2.01. The molecule has 0 N–H and O–H groups in total. The zero-order valence-corrected chi connectivity index (χ0v) is 32.6. The molecule has 0 radical (unpaired) electrons. The molecule has 0 atom stereocenters. The Morgan fingerprint density at radius 3 is 1.46 bits per heavy atom. The maximum Gasteiger partial charge on any atom is 0.165 e. The van der Waals surface area contributed by atoms with E-state index in [0.717, 1.165) is 38.2 Å². The van der Waals surface area contributed by atoms with Gasteiger partial charge in [-0.05, 0) is 95.7 Å². The van der Waals surface area contributed by atoms with E-state index in [1.54, 1.807) is 11.3 Å². The standard InChI is InChI=1S/C55H33N3S/c1-2-13-34(14-3-1)39-29-31-48(44-19-8-6-17-42(39)44)53-56-54(58-55(57-53)50-23-12-22-47-46-21-10-11-24-51(46)59-52(47)50)49-32-30-41(43-18-7-9-20-45(43)49)37-27-28-40-36(33-37)26-25-35-15-4-5-16-38(35)40/h1-33H. The minimum Gasteiger partial charge on any atom is -0.208 e. The molecule has 274 valence electrons. The minimum atomic E-state index is 0.645. The van der Waals surface area contributed by atoms with E-state index in [1.807, 2.05) is 0 Å². The van der Waals surface area contributed by atoms with Gasteiger partial charge >= 0.3 is 0 Å². The zero-order chi connectivity index (χ0) is 38.9. The Morgan fingerprint density at radius 2 is 0.763 bits per heavy atom. The fraction of sp³-hybridized carbons (Fsp3) is 0. The van der Waals surface area contributed by atoms with Gasteiger partial charge in [0.25, 0.3) is 0 Å². The van der Waals surface area contributed by atoms with Gasteiger partial charge in [-0.1, -0.05) is 170 Å². The van der Waals surface area contributed by atoms with Crippen LogP contribution in [-0.2, 0) is 0 Å². The van der Waals surface area contributed by atoms with Gasteiger partial charge in [0.2, 0.25) is 0 Å².